The Balaban J connectivity index is 1.69. The third kappa shape index (κ3) is 10.3. The highest BCUT2D eigenvalue weighted by Crippen LogP contribution is 2.22. The zero-order chi connectivity index (χ0) is 22.3. The molecule has 1 N–H and O–H groups in total. The molecule has 3 saturated heterocycles. The second-order valence-electron chi connectivity index (χ2n) is 8.26. The van der Waals surface area contributed by atoms with Crippen molar-refractivity contribution in [1.82, 2.24) is 10.2 Å². The van der Waals surface area contributed by atoms with Crippen molar-refractivity contribution in [2.45, 2.75) is 65.0 Å². The van der Waals surface area contributed by atoms with E-state index in [1.165, 1.54) is 0 Å². The lowest BCUT2D eigenvalue weighted by molar-refractivity contribution is -0.00849. The fraction of sp³-hybridized carbons (Fsp3) is 1.00. The van der Waals surface area contributed by atoms with Crippen LogP contribution in [0.5, 0.6) is 0 Å². The fourth-order valence-corrected chi connectivity index (χ4v) is 9.10. The first-order valence-corrected chi connectivity index (χ1v) is 16.3. The third-order valence-electron chi connectivity index (χ3n) is 5.44. The molecule has 8 nitrogen and oxygen atoms in total. The molecule has 3 rings (SSSR count). The summed E-state index contributed by atoms with van der Waals surface area (Å²) in [6, 6.07) is 1.75. The lowest BCUT2D eigenvalue weighted by Gasteiger charge is -2.38. The minimum Gasteiger partial charge on any atom is -0.373 e. The summed E-state index contributed by atoms with van der Waals surface area (Å²) in [5.74, 6) is 0. The average molecular weight is 479 g/mol. The van der Waals surface area contributed by atoms with Gasteiger partial charge in [0.05, 0.1) is 19.8 Å². The van der Waals surface area contributed by atoms with Crippen LogP contribution in [0.15, 0.2) is 0 Å². The van der Waals surface area contributed by atoms with Gasteiger partial charge in [0, 0.05) is 51.5 Å². The van der Waals surface area contributed by atoms with Crippen molar-refractivity contribution in [3.8, 4) is 0 Å². The summed E-state index contributed by atoms with van der Waals surface area (Å²) in [5, 5.41) is 3.57. The average Bonchev–Trinajstić information content (AvgIpc) is 2.74. The van der Waals surface area contributed by atoms with Crippen LogP contribution in [-0.4, -0.2) is 94.9 Å². The fourth-order valence-electron chi connectivity index (χ4n) is 3.77. The molecule has 31 heavy (non-hydrogen) atoms. The number of rotatable bonds is 17. The Morgan fingerprint density at radius 2 is 1.26 bits per heavy atom. The molecule has 0 aromatic carbocycles. The van der Waals surface area contributed by atoms with Crippen LogP contribution in [0, 0.1) is 0 Å². The summed E-state index contributed by atoms with van der Waals surface area (Å²) in [5.41, 5.74) is 0. The highest BCUT2D eigenvalue weighted by Gasteiger charge is 2.43. The monoisotopic (exact) mass is 478 g/mol. The molecule has 0 aromatic heterocycles. The predicted molar refractivity (Wildman–Crippen MR) is 126 cm³/mol. The van der Waals surface area contributed by atoms with Gasteiger partial charge >= 0.3 is 17.6 Å². The van der Waals surface area contributed by atoms with Gasteiger partial charge in [-0.25, -0.2) is 0 Å². The highest BCUT2D eigenvalue weighted by molar-refractivity contribution is 6.61. The first kappa shape index (κ1) is 27.4. The quantitative estimate of drug-likeness (QED) is 0.253. The van der Waals surface area contributed by atoms with Crippen LogP contribution in [0.2, 0.25) is 12.1 Å². The highest BCUT2D eigenvalue weighted by atomic mass is 28.4. The van der Waals surface area contributed by atoms with E-state index in [0.29, 0.717) is 19.8 Å². The Bertz CT molecular complexity index is 415. The Labute approximate surface area is 192 Å². The first-order chi connectivity index (χ1) is 15.2. The van der Waals surface area contributed by atoms with Crippen molar-refractivity contribution < 1.29 is 26.6 Å². The second-order valence-corrected chi connectivity index (χ2v) is 13.7. The lowest BCUT2D eigenvalue weighted by atomic mass is 10.4. The number of fused-ring (bicyclic) bond motifs is 6. The van der Waals surface area contributed by atoms with Crippen LogP contribution in [0.1, 0.15) is 52.9 Å². The van der Waals surface area contributed by atoms with E-state index in [2.05, 4.69) is 31.0 Å². The van der Waals surface area contributed by atoms with Gasteiger partial charge in [-0.05, 0) is 45.2 Å². The number of nitrogens with zero attached hydrogens (tertiary/aromatic N) is 1. The van der Waals surface area contributed by atoms with Gasteiger partial charge in [-0.15, -0.1) is 0 Å². The number of hydrogen-bond acceptors (Lipinski definition) is 8. The Morgan fingerprint density at radius 3 is 1.74 bits per heavy atom. The van der Waals surface area contributed by atoms with Gasteiger partial charge in [-0.2, -0.15) is 0 Å². The van der Waals surface area contributed by atoms with Crippen LogP contribution in [-0.2, 0) is 26.6 Å². The number of hydrogen-bond donors (Lipinski definition) is 1. The van der Waals surface area contributed by atoms with Crippen LogP contribution in [0.3, 0.4) is 0 Å². The zero-order valence-corrected chi connectivity index (χ0v) is 22.1. The minimum atomic E-state index is -2.58. The lowest BCUT2D eigenvalue weighted by Crippen LogP contribution is -2.55. The molecule has 0 aliphatic carbocycles. The van der Waals surface area contributed by atoms with Gasteiger partial charge in [0.25, 0.3) is 0 Å². The molecule has 3 heterocycles. The molecule has 0 saturated carbocycles. The Morgan fingerprint density at radius 1 is 0.774 bits per heavy atom. The molecule has 184 valence electrons. The van der Waals surface area contributed by atoms with Gasteiger partial charge in [0.15, 0.2) is 0 Å². The molecule has 0 radical (unpaired) electrons. The van der Waals surface area contributed by atoms with E-state index in [-0.39, 0.29) is 0 Å². The van der Waals surface area contributed by atoms with Gasteiger partial charge in [0.1, 0.15) is 0 Å². The van der Waals surface area contributed by atoms with E-state index in [9.17, 15) is 0 Å². The van der Waals surface area contributed by atoms with Crippen molar-refractivity contribution in [1.29, 1.82) is 0 Å². The van der Waals surface area contributed by atoms with Crippen LogP contribution in [0.25, 0.3) is 0 Å². The molecular weight excluding hydrogens is 432 g/mol. The van der Waals surface area contributed by atoms with E-state index in [0.717, 1.165) is 96.7 Å². The predicted octanol–water partition coefficient (Wildman–Crippen LogP) is 2.89. The molecule has 0 unspecified atom stereocenters. The topological polar surface area (TPSA) is 70.7 Å². The van der Waals surface area contributed by atoms with Crippen LogP contribution < -0.4 is 5.32 Å². The smallest absolute Gasteiger partial charge is 0.373 e. The second kappa shape index (κ2) is 15.9. The maximum atomic E-state index is 6.18. The molecule has 10 heteroatoms. The summed E-state index contributed by atoms with van der Waals surface area (Å²) >= 11 is 0. The molecule has 0 aromatic rings. The first-order valence-electron chi connectivity index (χ1n) is 12.4. The van der Waals surface area contributed by atoms with Crippen molar-refractivity contribution in [3.63, 3.8) is 0 Å². The number of nitrogens with one attached hydrogen (secondary N) is 1. The summed E-state index contributed by atoms with van der Waals surface area (Å²) in [6.07, 6.45) is 4.93. The largest absolute Gasteiger partial charge is 0.501 e. The summed E-state index contributed by atoms with van der Waals surface area (Å²) in [7, 11) is -5.07. The SMILES string of the molecule is CCCO[Si](CCCNCCC[Si]12OCCN(CCO1)CCO2)(OCCC)OCCC. The van der Waals surface area contributed by atoms with Crippen molar-refractivity contribution in [3.05, 3.63) is 0 Å². The van der Waals surface area contributed by atoms with Crippen molar-refractivity contribution >= 4 is 17.6 Å². The molecule has 0 amide bonds. The Kier molecular flexibility index (Phi) is 14.0. The van der Waals surface area contributed by atoms with Crippen LogP contribution >= 0.6 is 0 Å². The van der Waals surface area contributed by atoms with Gasteiger partial charge in [-0.1, -0.05) is 20.8 Å². The third-order valence-corrected chi connectivity index (χ3v) is 11.2. The van der Waals surface area contributed by atoms with E-state index >= 15 is 0 Å². The maximum Gasteiger partial charge on any atom is 0.501 e. The normalized spacial score (nSPS) is 24.7. The van der Waals surface area contributed by atoms with Gasteiger partial charge in [0.2, 0.25) is 0 Å². The Hall–Kier alpha value is 0.114. The minimum absolute atomic E-state index is 0.706. The zero-order valence-electron chi connectivity index (χ0n) is 20.1. The molecule has 0 atom stereocenters. The molecule has 2 bridgehead atoms. The van der Waals surface area contributed by atoms with Crippen molar-refractivity contribution in [2.75, 3.05) is 72.4 Å². The molecule has 0 spiro atoms. The van der Waals surface area contributed by atoms with E-state index < -0.39 is 17.6 Å². The summed E-state index contributed by atoms with van der Waals surface area (Å²) in [4.78, 5) is 2.35. The van der Waals surface area contributed by atoms with Crippen LogP contribution in [0.4, 0.5) is 0 Å². The van der Waals surface area contributed by atoms with E-state index in [1.807, 2.05) is 0 Å². The molecular formula is C21H46N2O6Si2. The maximum absolute atomic E-state index is 6.18. The standard InChI is InChI=1S/C21H46N2O6Si2/c1-4-14-24-30(25-15-5-2,26-16-6-3)20-7-9-22-10-8-21-31-27-17-11-23(12-18-28-31)13-19-29-31/h22H,4-21H2,1-3H3. The van der Waals surface area contributed by atoms with E-state index in [4.69, 9.17) is 26.6 Å². The van der Waals surface area contributed by atoms with Gasteiger partial charge < -0.3 is 31.9 Å². The van der Waals surface area contributed by atoms with Gasteiger partial charge in [-0.3, -0.25) is 4.90 Å². The molecule has 3 aliphatic heterocycles. The van der Waals surface area contributed by atoms with E-state index in [1.54, 1.807) is 0 Å². The summed E-state index contributed by atoms with van der Waals surface area (Å²) in [6.45, 7) is 15.5. The molecule has 3 fully saturated rings. The summed E-state index contributed by atoms with van der Waals surface area (Å²) < 4.78 is 36.8. The molecule has 3 aliphatic rings. The van der Waals surface area contributed by atoms with Crippen molar-refractivity contribution in [2.24, 2.45) is 0 Å².